The Bertz CT molecular complexity index is 539. The molecule has 118 valence electrons. The SMILES string of the molecule is CCCc1ccccc1NS(=O)(=O)CCCCNC1CC1. The van der Waals surface area contributed by atoms with Gasteiger partial charge in [0.25, 0.3) is 0 Å². The summed E-state index contributed by atoms with van der Waals surface area (Å²) < 4.78 is 27.0. The van der Waals surface area contributed by atoms with Crippen LogP contribution in [0.5, 0.6) is 0 Å². The molecular formula is C16H26N2O2S. The first-order chi connectivity index (χ1) is 10.1. The normalized spacial score (nSPS) is 15.1. The van der Waals surface area contributed by atoms with E-state index in [1.54, 1.807) is 0 Å². The summed E-state index contributed by atoms with van der Waals surface area (Å²) in [6.45, 7) is 3.02. The van der Waals surface area contributed by atoms with E-state index < -0.39 is 10.0 Å². The fraction of sp³-hybridized carbons (Fsp3) is 0.625. The molecule has 21 heavy (non-hydrogen) atoms. The number of aryl methyl sites for hydroxylation is 1. The number of hydrogen-bond acceptors (Lipinski definition) is 3. The Morgan fingerprint density at radius 3 is 2.67 bits per heavy atom. The third-order valence-corrected chi connectivity index (χ3v) is 5.01. The molecule has 1 aromatic carbocycles. The van der Waals surface area contributed by atoms with Gasteiger partial charge in [0.2, 0.25) is 10.0 Å². The summed E-state index contributed by atoms with van der Waals surface area (Å²) in [5.41, 5.74) is 1.80. The first-order valence-corrected chi connectivity index (χ1v) is 9.58. The molecule has 0 heterocycles. The highest BCUT2D eigenvalue weighted by atomic mass is 32.2. The third-order valence-electron chi connectivity index (χ3n) is 3.65. The van der Waals surface area contributed by atoms with Gasteiger partial charge in [0.1, 0.15) is 0 Å². The van der Waals surface area contributed by atoms with Crippen LogP contribution in [0.2, 0.25) is 0 Å². The lowest BCUT2D eigenvalue weighted by Gasteiger charge is -2.12. The Kier molecular flexibility index (Phi) is 6.06. The summed E-state index contributed by atoms with van der Waals surface area (Å²) in [7, 11) is -3.24. The summed E-state index contributed by atoms with van der Waals surface area (Å²) in [5.74, 6) is 0.194. The van der Waals surface area contributed by atoms with Gasteiger partial charge < -0.3 is 5.32 Å². The van der Waals surface area contributed by atoms with E-state index in [9.17, 15) is 8.42 Å². The van der Waals surface area contributed by atoms with E-state index in [1.165, 1.54) is 12.8 Å². The molecule has 0 unspecified atom stereocenters. The number of hydrogen-bond donors (Lipinski definition) is 2. The topological polar surface area (TPSA) is 58.2 Å². The molecule has 1 aliphatic carbocycles. The second kappa shape index (κ2) is 7.80. The lowest BCUT2D eigenvalue weighted by Crippen LogP contribution is -2.21. The number of rotatable bonds is 10. The van der Waals surface area contributed by atoms with Crippen molar-refractivity contribution in [3.05, 3.63) is 29.8 Å². The van der Waals surface area contributed by atoms with Crippen LogP contribution >= 0.6 is 0 Å². The van der Waals surface area contributed by atoms with Crippen LogP contribution in [0.25, 0.3) is 0 Å². The smallest absolute Gasteiger partial charge is 0.232 e. The van der Waals surface area contributed by atoms with Gasteiger partial charge in [-0.25, -0.2) is 8.42 Å². The van der Waals surface area contributed by atoms with Gasteiger partial charge >= 0.3 is 0 Å². The second-order valence-electron chi connectivity index (χ2n) is 5.76. The molecule has 2 rings (SSSR count). The fourth-order valence-electron chi connectivity index (χ4n) is 2.34. The van der Waals surface area contributed by atoms with Gasteiger partial charge in [-0.1, -0.05) is 31.5 Å². The number of anilines is 1. The largest absolute Gasteiger partial charge is 0.314 e. The third kappa shape index (κ3) is 6.06. The highest BCUT2D eigenvalue weighted by Gasteiger charge is 2.19. The molecule has 0 amide bonds. The molecule has 0 spiro atoms. The molecule has 1 aliphatic rings. The number of benzene rings is 1. The maximum absolute atomic E-state index is 12.1. The quantitative estimate of drug-likeness (QED) is 0.653. The van der Waals surface area contributed by atoms with Crippen molar-refractivity contribution in [3.63, 3.8) is 0 Å². The average molecular weight is 310 g/mol. The van der Waals surface area contributed by atoms with E-state index in [0.717, 1.165) is 37.1 Å². The maximum atomic E-state index is 12.1. The number of sulfonamides is 1. The summed E-state index contributed by atoms with van der Waals surface area (Å²) in [6, 6.07) is 8.35. The molecule has 1 aromatic rings. The van der Waals surface area contributed by atoms with E-state index in [2.05, 4.69) is 17.0 Å². The van der Waals surface area contributed by atoms with Crippen LogP contribution in [0, 0.1) is 0 Å². The van der Waals surface area contributed by atoms with Gasteiger partial charge in [-0.2, -0.15) is 0 Å². The van der Waals surface area contributed by atoms with E-state index in [-0.39, 0.29) is 5.75 Å². The number of unbranched alkanes of at least 4 members (excludes halogenated alkanes) is 1. The van der Waals surface area contributed by atoms with Crippen LogP contribution in [0.1, 0.15) is 44.6 Å². The molecule has 1 saturated carbocycles. The average Bonchev–Trinajstić information content (AvgIpc) is 3.25. The Balaban J connectivity index is 1.79. The van der Waals surface area contributed by atoms with Crippen LogP contribution < -0.4 is 10.0 Å². The fourth-order valence-corrected chi connectivity index (χ4v) is 3.56. The van der Waals surface area contributed by atoms with E-state index in [4.69, 9.17) is 0 Å². The standard InChI is InChI=1S/C16H26N2O2S/c1-2-7-14-8-3-4-9-16(14)18-21(19,20)13-6-5-12-17-15-10-11-15/h3-4,8-9,15,17-18H,2,5-7,10-13H2,1H3. The molecule has 0 radical (unpaired) electrons. The van der Waals surface area contributed by atoms with Crippen LogP contribution in [-0.2, 0) is 16.4 Å². The second-order valence-corrected chi connectivity index (χ2v) is 7.61. The number of nitrogens with one attached hydrogen (secondary N) is 2. The van der Waals surface area contributed by atoms with Gasteiger partial charge in [0.05, 0.1) is 11.4 Å². The highest BCUT2D eigenvalue weighted by molar-refractivity contribution is 7.92. The summed E-state index contributed by atoms with van der Waals surface area (Å²) in [6.07, 6.45) is 6.05. The van der Waals surface area contributed by atoms with Crippen LogP contribution in [-0.4, -0.2) is 26.8 Å². The minimum Gasteiger partial charge on any atom is -0.314 e. The highest BCUT2D eigenvalue weighted by Crippen LogP contribution is 2.19. The van der Waals surface area contributed by atoms with Gasteiger partial charge in [-0.15, -0.1) is 0 Å². The summed E-state index contributed by atoms with van der Waals surface area (Å²) >= 11 is 0. The van der Waals surface area contributed by atoms with Gasteiger partial charge in [-0.05, 0) is 50.3 Å². The Morgan fingerprint density at radius 2 is 1.95 bits per heavy atom. The maximum Gasteiger partial charge on any atom is 0.232 e. The van der Waals surface area contributed by atoms with Crippen LogP contribution in [0.15, 0.2) is 24.3 Å². The van der Waals surface area contributed by atoms with E-state index in [0.29, 0.717) is 12.5 Å². The molecule has 0 saturated heterocycles. The van der Waals surface area contributed by atoms with Gasteiger partial charge in [0.15, 0.2) is 0 Å². The van der Waals surface area contributed by atoms with E-state index in [1.807, 2.05) is 24.3 Å². The Morgan fingerprint density at radius 1 is 1.19 bits per heavy atom. The predicted octanol–water partition coefficient (Wildman–Crippen LogP) is 2.91. The van der Waals surface area contributed by atoms with Crippen molar-refractivity contribution in [2.75, 3.05) is 17.0 Å². The molecule has 1 fully saturated rings. The van der Waals surface area contributed by atoms with Crippen molar-refractivity contribution in [1.29, 1.82) is 0 Å². The van der Waals surface area contributed by atoms with Crippen molar-refractivity contribution in [2.24, 2.45) is 0 Å². The van der Waals surface area contributed by atoms with Crippen molar-refractivity contribution < 1.29 is 8.42 Å². The molecule has 4 nitrogen and oxygen atoms in total. The lowest BCUT2D eigenvalue weighted by atomic mass is 10.1. The van der Waals surface area contributed by atoms with Crippen molar-refractivity contribution in [1.82, 2.24) is 5.32 Å². The minimum absolute atomic E-state index is 0.194. The van der Waals surface area contributed by atoms with Crippen molar-refractivity contribution >= 4 is 15.7 Å². The zero-order valence-electron chi connectivity index (χ0n) is 12.8. The summed E-state index contributed by atoms with van der Waals surface area (Å²) in [4.78, 5) is 0. The first-order valence-electron chi connectivity index (χ1n) is 7.92. The molecule has 0 aliphatic heterocycles. The minimum atomic E-state index is -3.24. The molecular weight excluding hydrogens is 284 g/mol. The zero-order valence-corrected chi connectivity index (χ0v) is 13.6. The number of para-hydroxylation sites is 1. The molecule has 0 bridgehead atoms. The lowest BCUT2D eigenvalue weighted by molar-refractivity contribution is 0.591. The molecule has 0 aromatic heterocycles. The van der Waals surface area contributed by atoms with Gasteiger partial charge in [-0.3, -0.25) is 4.72 Å². The molecule has 5 heteroatoms. The predicted molar refractivity (Wildman–Crippen MR) is 88.1 cm³/mol. The van der Waals surface area contributed by atoms with Gasteiger partial charge in [0, 0.05) is 6.04 Å². The summed E-state index contributed by atoms with van der Waals surface area (Å²) in [5, 5.41) is 3.40. The van der Waals surface area contributed by atoms with E-state index >= 15 is 0 Å². The Labute approximate surface area is 128 Å². The molecule has 0 atom stereocenters. The van der Waals surface area contributed by atoms with Crippen molar-refractivity contribution in [2.45, 2.75) is 51.5 Å². The van der Waals surface area contributed by atoms with Crippen molar-refractivity contribution in [3.8, 4) is 0 Å². The zero-order chi connectivity index (χ0) is 15.1. The first kappa shape index (κ1) is 16.3. The monoisotopic (exact) mass is 310 g/mol. The Hall–Kier alpha value is -1.07. The van der Waals surface area contributed by atoms with Crippen LogP contribution in [0.4, 0.5) is 5.69 Å². The molecule has 2 N–H and O–H groups in total. The van der Waals surface area contributed by atoms with Crippen LogP contribution in [0.3, 0.4) is 0 Å².